The highest BCUT2D eigenvalue weighted by Crippen LogP contribution is 2.18. The minimum atomic E-state index is -0.674. The van der Waals surface area contributed by atoms with E-state index in [1.54, 1.807) is 36.4 Å². The van der Waals surface area contributed by atoms with Crippen molar-refractivity contribution < 1.29 is 14.3 Å². The molecule has 0 unspecified atom stereocenters. The number of primary amides is 1. The lowest BCUT2D eigenvalue weighted by atomic mass is 10.2. The van der Waals surface area contributed by atoms with E-state index in [0.29, 0.717) is 16.9 Å². The number of anilines is 2. The van der Waals surface area contributed by atoms with Gasteiger partial charge in [-0.05, 0) is 30.3 Å². The zero-order valence-corrected chi connectivity index (χ0v) is 11.3. The number of nitrogens with zero attached hydrogens (tertiary/aromatic N) is 1. The molecular weight excluding hydrogens is 272 g/mol. The molecule has 0 atom stereocenters. The maximum atomic E-state index is 12.2. The zero-order chi connectivity index (χ0) is 15.2. The van der Waals surface area contributed by atoms with Gasteiger partial charge in [-0.2, -0.15) is 0 Å². The van der Waals surface area contributed by atoms with E-state index in [4.69, 9.17) is 10.5 Å². The first-order valence-corrected chi connectivity index (χ1v) is 6.07. The Morgan fingerprint density at radius 2 is 1.86 bits per heavy atom. The minimum Gasteiger partial charge on any atom is -0.480 e. The summed E-state index contributed by atoms with van der Waals surface area (Å²) in [6, 6.07) is 9.19. The molecule has 0 aliphatic heterocycles. The van der Waals surface area contributed by atoms with Crippen LogP contribution in [0, 0.1) is 0 Å². The summed E-state index contributed by atoms with van der Waals surface area (Å²) in [6.07, 6.45) is 1.53. The first-order chi connectivity index (χ1) is 10.1. The highest BCUT2D eigenvalue weighted by Gasteiger charge is 2.13. The summed E-state index contributed by atoms with van der Waals surface area (Å²) < 4.78 is 5.04. The van der Waals surface area contributed by atoms with Crippen LogP contribution in [0.3, 0.4) is 0 Å². The molecule has 1 heterocycles. The van der Waals surface area contributed by atoms with Gasteiger partial charge in [-0.1, -0.05) is 6.07 Å². The molecule has 7 nitrogen and oxygen atoms in total. The lowest BCUT2D eigenvalue weighted by molar-refractivity contribution is 0.102. The fraction of sp³-hybridized carbons (Fsp3) is 0.0714. The van der Waals surface area contributed by atoms with Crippen LogP contribution in [-0.2, 0) is 0 Å². The van der Waals surface area contributed by atoms with Gasteiger partial charge < -0.3 is 21.1 Å². The Hall–Kier alpha value is -3.09. The summed E-state index contributed by atoms with van der Waals surface area (Å²) in [5.41, 5.74) is 6.35. The lowest BCUT2D eigenvalue weighted by Gasteiger charge is -2.09. The number of aromatic nitrogens is 1. The van der Waals surface area contributed by atoms with Crippen LogP contribution in [0.25, 0.3) is 0 Å². The van der Waals surface area contributed by atoms with Crippen molar-refractivity contribution in [3.63, 3.8) is 0 Å². The highest BCUT2D eigenvalue weighted by atomic mass is 16.5. The highest BCUT2D eigenvalue weighted by molar-refractivity contribution is 6.06. The van der Waals surface area contributed by atoms with Crippen LogP contribution < -0.4 is 21.1 Å². The van der Waals surface area contributed by atoms with Crippen LogP contribution in [0.4, 0.5) is 16.2 Å². The number of hydrogen-bond acceptors (Lipinski definition) is 4. The van der Waals surface area contributed by atoms with Crippen LogP contribution in [0.5, 0.6) is 5.88 Å². The van der Waals surface area contributed by atoms with Crippen LogP contribution >= 0.6 is 0 Å². The molecule has 7 heteroatoms. The van der Waals surface area contributed by atoms with Gasteiger partial charge in [0.1, 0.15) is 5.56 Å². The summed E-state index contributed by atoms with van der Waals surface area (Å²) in [4.78, 5) is 27.0. The molecule has 0 radical (unpaired) electrons. The Kier molecular flexibility index (Phi) is 4.35. The summed E-state index contributed by atoms with van der Waals surface area (Å²) in [5.74, 6) is -0.127. The van der Waals surface area contributed by atoms with E-state index in [1.807, 2.05) is 0 Å². The number of methoxy groups -OCH3 is 1. The number of rotatable bonds is 4. The molecule has 21 heavy (non-hydrogen) atoms. The van der Waals surface area contributed by atoms with E-state index in [2.05, 4.69) is 15.6 Å². The zero-order valence-electron chi connectivity index (χ0n) is 11.3. The van der Waals surface area contributed by atoms with Crippen molar-refractivity contribution in [3.05, 3.63) is 48.2 Å². The second-order valence-electron chi connectivity index (χ2n) is 4.08. The Morgan fingerprint density at radius 3 is 2.52 bits per heavy atom. The van der Waals surface area contributed by atoms with Crippen LogP contribution in [0.15, 0.2) is 42.6 Å². The molecule has 0 fully saturated rings. The summed E-state index contributed by atoms with van der Waals surface area (Å²) >= 11 is 0. The Bertz CT molecular complexity index is 673. The smallest absolute Gasteiger partial charge is 0.316 e. The maximum absolute atomic E-state index is 12.2. The van der Waals surface area contributed by atoms with E-state index in [1.165, 1.54) is 13.3 Å². The number of carbonyl (C=O) groups is 2. The molecule has 0 saturated heterocycles. The molecular formula is C14H14N4O3. The Morgan fingerprint density at radius 1 is 1.14 bits per heavy atom. The fourth-order valence-electron chi connectivity index (χ4n) is 1.74. The Labute approximate surface area is 121 Å². The second-order valence-corrected chi connectivity index (χ2v) is 4.08. The quantitative estimate of drug-likeness (QED) is 0.797. The minimum absolute atomic E-state index is 0.237. The Balaban J connectivity index is 2.17. The number of urea groups is 1. The first-order valence-electron chi connectivity index (χ1n) is 6.07. The number of carbonyl (C=O) groups excluding carboxylic acids is 2. The van der Waals surface area contributed by atoms with Gasteiger partial charge in [-0.15, -0.1) is 0 Å². The average molecular weight is 286 g/mol. The number of ether oxygens (including phenoxy) is 1. The normalized spacial score (nSPS) is 9.76. The summed E-state index contributed by atoms with van der Waals surface area (Å²) in [6.45, 7) is 0. The van der Waals surface area contributed by atoms with E-state index >= 15 is 0 Å². The van der Waals surface area contributed by atoms with Crippen molar-refractivity contribution in [1.82, 2.24) is 4.98 Å². The number of amides is 3. The van der Waals surface area contributed by atoms with Crippen molar-refractivity contribution >= 4 is 23.3 Å². The summed E-state index contributed by atoms with van der Waals surface area (Å²) in [5, 5.41) is 5.13. The third-order valence-corrected chi connectivity index (χ3v) is 2.60. The molecule has 2 aromatic rings. The third kappa shape index (κ3) is 3.69. The van der Waals surface area contributed by atoms with Gasteiger partial charge in [0, 0.05) is 17.6 Å². The van der Waals surface area contributed by atoms with Gasteiger partial charge in [0.25, 0.3) is 5.91 Å². The van der Waals surface area contributed by atoms with Crippen molar-refractivity contribution in [2.24, 2.45) is 5.73 Å². The molecule has 108 valence electrons. The predicted octanol–water partition coefficient (Wildman–Crippen LogP) is 1.83. The number of nitrogens with two attached hydrogens (primary N) is 1. The molecule has 0 aliphatic carbocycles. The molecule has 3 amide bonds. The summed E-state index contributed by atoms with van der Waals surface area (Å²) in [7, 11) is 1.44. The number of benzene rings is 1. The number of hydrogen-bond donors (Lipinski definition) is 3. The molecule has 1 aromatic heterocycles. The monoisotopic (exact) mass is 286 g/mol. The van der Waals surface area contributed by atoms with Gasteiger partial charge in [-0.3, -0.25) is 4.79 Å². The third-order valence-electron chi connectivity index (χ3n) is 2.60. The van der Waals surface area contributed by atoms with E-state index in [0.717, 1.165) is 0 Å². The maximum Gasteiger partial charge on any atom is 0.316 e. The predicted molar refractivity (Wildman–Crippen MR) is 78.4 cm³/mol. The van der Waals surface area contributed by atoms with Crippen molar-refractivity contribution in [3.8, 4) is 5.88 Å². The lowest BCUT2D eigenvalue weighted by Crippen LogP contribution is -2.19. The van der Waals surface area contributed by atoms with Crippen LogP contribution in [-0.4, -0.2) is 24.0 Å². The van der Waals surface area contributed by atoms with Gasteiger partial charge in [-0.25, -0.2) is 9.78 Å². The van der Waals surface area contributed by atoms with Gasteiger partial charge in [0.15, 0.2) is 0 Å². The largest absolute Gasteiger partial charge is 0.480 e. The van der Waals surface area contributed by atoms with Gasteiger partial charge >= 0.3 is 6.03 Å². The molecule has 0 saturated carbocycles. The molecule has 0 spiro atoms. The van der Waals surface area contributed by atoms with Gasteiger partial charge in [0.2, 0.25) is 5.88 Å². The molecule has 0 bridgehead atoms. The van der Waals surface area contributed by atoms with Crippen LogP contribution in [0.2, 0.25) is 0 Å². The number of nitrogens with one attached hydrogen (secondary N) is 2. The second kappa shape index (κ2) is 6.38. The van der Waals surface area contributed by atoms with Crippen molar-refractivity contribution in [2.75, 3.05) is 17.7 Å². The van der Waals surface area contributed by atoms with E-state index in [9.17, 15) is 9.59 Å². The average Bonchev–Trinajstić information content (AvgIpc) is 2.46. The van der Waals surface area contributed by atoms with Crippen molar-refractivity contribution in [2.45, 2.75) is 0 Å². The van der Waals surface area contributed by atoms with Crippen LogP contribution in [0.1, 0.15) is 10.4 Å². The topological polar surface area (TPSA) is 106 Å². The standard InChI is InChI=1S/C14H14N4O3/c1-21-13-11(6-3-7-16-13)12(19)17-9-4-2-5-10(8-9)18-14(15)20/h2-8H,1H3,(H,17,19)(H3,15,18,20). The first kappa shape index (κ1) is 14.3. The molecule has 1 aromatic carbocycles. The van der Waals surface area contributed by atoms with Gasteiger partial charge in [0.05, 0.1) is 7.11 Å². The van der Waals surface area contributed by atoms with E-state index in [-0.39, 0.29) is 11.8 Å². The molecule has 2 rings (SSSR count). The SMILES string of the molecule is COc1ncccc1C(=O)Nc1cccc(NC(N)=O)c1. The molecule has 4 N–H and O–H groups in total. The fourth-order valence-corrected chi connectivity index (χ4v) is 1.74. The number of pyridine rings is 1. The van der Waals surface area contributed by atoms with E-state index < -0.39 is 6.03 Å². The molecule has 0 aliphatic rings. The van der Waals surface area contributed by atoms with Crippen molar-refractivity contribution in [1.29, 1.82) is 0 Å².